The normalized spacial score (nSPS) is 22.2. The third-order valence-electron chi connectivity index (χ3n) is 3.93. The summed E-state index contributed by atoms with van der Waals surface area (Å²) >= 11 is 0. The molecule has 1 amide bonds. The quantitative estimate of drug-likeness (QED) is 0.930. The number of aromatic nitrogens is 1. The van der Waals surface area contributed by atoms with E-state index in [1.54, 1.807) is 11.1 Å². The largest absolute Gasteiger partial charge is 0.443 e. The minimum atomic E-state index is -0.535. The predicted molar refractivity (Wildman–Crippen MR) is 85.8 cm³/mol. The average molecular weight is 306 g/mol. The lowest BCUT2D eigenvalue weighted by atomic mass is 9.86. The van der Waals surface area contributed by atoms with Gasteiger partial charge in [0.25, 0.3) is 0 Å². The van der Waals surface area contributed by atoms with E-state index in [1.165, 1.54) is 0 Å². The first-order valence-corrected chi connectivity index (χ1v) is 7.95. The highest BCUT2D eigenvalue weighted by atomic mass is 16.6. The second kappa shape index (κ2) is 7.09. The van der Waals surface area contributed by atoms with E-state index < -0.39 is 5.60 Å². The summed E-state index contributed by atoms with van der Waals surface area (Å²) < 4.78 is 5.56. The van der Waals surface area contributed by atoms with E-state index >= 15 is 0 Å². The Morgan fingerprint density at radius 2 is 2.00 bits per heavy atom. The number of rotatable bonds is 3. The van der Waals surface area contributed by atoms with Crippen LogP contribution in [-0.2, 0) is 4.74 Å². The van der Waals surface area contributed by atoms with Crippen molar-refractivity contribution in [2.75, 3.05) is 11.5 Å². The Balaban J connectivity index is 2.17. The van der Waals surface area contributed by atoms with Gasteiger partial charge in [0.2, 0.25) is 0 Å². The van der Waals surface area contributed by atoms with Crippen molar-refractivity contribution in [3.8, 4) is 0 Å². The molecule has 1 aliphatic carbocycles. The van der Waals surface area contributed by atoms with Crippen molar-refractivity contribution in [3.05, 3.63) is 24.4 Å². The number of carbonyl (C=O) groups is 1. The van der Waals surface area contributed by atoms with Crippen LogP contribution in [0, 0.1) is 5.92 Å². The Labute approximate surface area is 132 Å². The number of hydrogen-bond donors (Lipinski definition) is 1. The van der Waals surface area contributed by atoms with E-state index in [0.29, 0.717) is 11.7 Å². The first kappa shape index (κ1) is 16.7. The molecule has 1 saturated carbocycles. The van der Waals surface area contributed by atoms with Gasteiger partial charge in [0, 0.05) is 18.8 Å². The second-order valence-electron chi connectivity index (χ2n) is 6.90. The smallest absolute Gasteiger partial charge is 0.416 e. The summed E-state index contributed by atoms with van der Waals surface area (Å²) in [5.41, 5.74) is -0.535. The molecule has 5 nitrogen and oxygen atoms in total. The molecule has 0 spiro atoms. The van der Waals surface area contributed by atoms with Crippen LogP contribution in [0.4, 0.5) is 10.6 Å². The molecule has 0 unspecified atom stereocenters. The lowest BCUT2D eigenvalue weighted by Crippen LogP contribution is -2.45. The zero-order valence-corrected chi connectivity index (χ0v) is 13.7. The summed E-state index contributed by atoms with van der Waals surface area (Å²) in [5.74, 6) is 0.977. The van der Waals surface area contributed by atoms with Gasteiger partial charge >= 0.3 is 6.09 Å². The topological polar surface area (TPSA) is 62.7 Å². The predicted octanol–water partition coefficient (Wildman–Crippen LogP) is 3.37. The van der Waals surface area contributed by atoms with Crippen LogP contribution < -0.4 is 4.90 Å². The Hall–Kier alpha value is -1.62. The molecule has 0 aliphatic heterocycles. The second-order valence-corrected chi connectivity index (χ2v) is 6.90. The van der Waals surface area contributed by atoms with Gasteiger partial charge < -0.3 is 9.84 Å². The van der Waals surface area contributed by atoms with E-state index in [1.807, 2.05) is 39.0 Å². The van der Waals surface area contributed by atoms with Gasteiger partial charge in [-0.1, -0.05) is 6.07 Å². The van der Waals surface area contributed by atoms with Crippen LogP contribution in [0.5, 0.6) is 0 Å². The van der Waals surface area contributed by atoms with Crippen molar-refractivity contribution < 1.29 is 14.6 Å². The number of amides is 1. The molecule has 22 heavy (non-hydrogen) atoms. The summed E-state index contributed by atoms with van der Waals surface area (Å²) in [6.45, 7) is 5.82. The van der Waals surface area contributed by atoms with Crippen molar-refractivity contribution in [1.82, 2.24) is 4.98 Å². The fraction of sp³-hybridized carbons (Fsp3) is 0.647. The van der Waals surface area contributed by atoms with Crippen LogP contribution in [0.3, 0.4) is 0 Å². The number of hydrogen-bond acceptors (Lipinski definition) is 4. The van der Waals surface area contributed by atoms with Gasteiger partial charge in [-0.3, -0.25) is 4.90 Å². The molecule has 1 fully saturated rings. The van der Waals surface area contributed by atoms with Gasteiger partial charge in [0.05, 0.1) is 0 Å². The van der Waals surface area contributed by atoms with Gasteiger partial charge in [0.1, 0.15) is 11.4 Å². The highest BCUT2D eigenvalue weighted by Gasteiger charge is 2.33. The zero-order valence-electron chi connectivity index (χ0n) is 13.7. The average Bonchev–Trinajstić information content (AvgIpc) is 2.47. The van der Waals surface area contributed by atoms with Crippen LogP contribution in [0.15, 0.2) is 24.4 Å². The van der Waals surface area contributed by atoms with Crippen LogP contribution in [0.25, 0.3) is 0 Å². The minimum Gasteiger partial charge on any atom is -0.443 e. The van der Waals surface area contributed by atoms with E-state index in [9.17, 15) is 9.90 Å². The van der Waals surface area contributed by atoms with Gasteiger partial charge in [-0.15, -0.1) is 0 Å². The van der Waals surface area contributed by atoms with Crippen LogP contribution in [0.1, 0.15) is 46.5 Å². The molecule has 0 saturated heterocycles. The molecular weight excluding hydrogens is 280 g/mol. The Bertz CT molecular complexity index is 476. The Morgan fingerprint density at radius 3 is 2.50 bits per heavy atom. The molecule has 0 atom stereocenters. The summed E-state index contributed by atoms with van der Waals surface area (Å²) in [7, 11) is 0. The highest BCUT2D eigenvalue weighted by Crippen LogP contribution is 2.30. The van der Waals surface area contributed by atoms with Crippen molar-refractivity contribution in [1.29, 1.82) is 0 Å². The number of aliphatic hydroxyl groups excluding tert-OH is 1. The molecule has 0 radical (unpaired) electrons. The highest BCUT2D eigenvalue weighted by molar-refractivity contribution is 5.87. The summed E-state index contributed by atoms with van der Waals surface area (Å²) in [6, 6.07) is 5.62. The molecular formula is C17H26N2O3. The maximum absolute atomic E-state index is 12.6. The van der Waals surface area contributed by atoms with Gasteiger partial charge in [-0.2, -0.15) is 0 Å². The van der Waals surface area contributed by atoms with Gasteiger partial charge in [0.15, 0.2) is 0 Å². The van der Waals surface area contributed by atoms with Gasteiger partial charge in [-0.25, -0.2) is 9.78 Å². The number of nitrogens with zero attached hydrogens (tertiary/aromatic N) is 2. The molecule has 0 bridgehead atoms. The molecule has 1 aromatic rings. The molecule has 1 heterocycles. The summed E-state index contributed by atoms with van der Waals surface area (Å²) in [6.07, 6.45) is 4.91. The Kier molecular flexibility index (Phi) is 5.40. The number of carbonyl (C=O) groups excluding carboxylic acids is 1. The molecule has 1 aliphatic rings. The first-order valence-electron chi connectivity index (χ1n) is 7.95. The number of aliphatic hydroxyl groups is 1. The molecule has 2 rings (SSSR count). The van der Waals surface area contributed by atoms with E-state index in [4.69, 9.17) is 4.74 Å². The maximum atomic E-state index is 12.6. The fourth-order valence-corrected chi connectivity index (χ4v) is 2.82. The van der Waals surface area contributed by atoms with E-state index in [2.05, 4.69) is 4.98 Å². The lowest BCUT2D eigenvalue weighted by molar-refractivity contribution is 0.0549. The van der Waals surface area contributed by atoms with Crippen LogP contribution in [-0.4, -0.2) is 34.4 Å². The number of pyridine rings is 1. The molecule has 5 heteroatoms. The van der Waals surface area contributed by atoms with E-state index in [-0.39, 0.29) is 18.7 Å². The standard InChI is InChI=1S/C17H26N2O3/c1-17(2,3)22-16(21)19(15-6-4-5-11-18-15)14-9-7-13(12-20)8-10-14/h4-6,11,13-14,20H,7-10,12H2,1-3H3/t13-,14+. The maximum Gasteiger partial charge on any atom is 0.416 e. The van der Waals surface area contributed by atoms with Crippen molar-refractivity contribution in [3.63, 3.8) is 0 Å². The van der Waals surface area contributed by atoms with Crippen LogP contribution in [0.2, 0.25) is 0 Å². The molecule has 1 aromatic heterocycles. The molecule has 122 valence electrons. The minimum absolute atomic E-state index is 0.0764. The monoisotopic (exact) mass is 306 g/mol. The molecule has 1 N–H and O–H groups in total. The molecule has 0 aromatic carbocycles. The number of ether oxygens (including phenoxy) is 1. The zero-order chi connectivity index (χ0) is 16.2. The summed E-state index contributed by atoms with van der Waals surface area (Å²) in [5, 5.41) is 9.28. The van der Waals surface area contributed by atoms with Crippen molar-refractivity contribution in [2.24, 2.45) is 5.92 Å². The van der Waals surface area contributed by atoms with Crippen LogP contribution >= 0.6 is 0 Å². The van der Waals surface area contributed by atoms with Crippen molar-refractivity contribution in [2.45, 2.75) is 58.1 Å². The summed E-state index contributed by atoms with van der Waals surface area (Å²) in [4.78, 5) is 18.6. The van der Waals surface area contributed by atoms with E-state index in [0.717, 1.165) is 25.7 Å². The van der Waals surface area contributed by atoms with Crippen molar-refractivity contribution >= 4 is 11.9 Å². The fourth-order valence-electron chi connectivity index (χ4n) is 2.82. The Morgan fingerprint density at radius 1 is 1.32 bits per heavy atom. The SMILES string of the molecule is CC(C)(C)OC(=O)N(c1ccccn1)[C@H]1CC[C@@H](CO)CC1. The third kappa shape index (κ3) is 4.44. The lowest BCUT2D eigenvalue weighted by Gasteiger charge is -2.36. The van der Waals surface area contributed by atoms with Gasteiger partial charge in [-0.05, 0) is 64.5 Å². The number of anilines is 1. The first-order chi connectivity index (χ1) is 10.4. The third-order valence-corrected chi connectivity index (χ3v) is 3.93.